The van der Waals surface area contributed by atoms with Gasteiger partial charge in [-0.3, -0.25) is 4.79 Å². The van der Waals surface area contributed by atoms with E-state index in [-0.39, 0.29) is 10.0 Å². The highest BCUT2D eigenvalue weighted by Crippen LogP contribution is 2.30. The summed E-state index contributed by atoms with van der Waals surface area (Å²) in [5, 5.41) is 0. The summed E-state index contributed by atoms with van der Waals surface area (Å²) in [6.45, 7) is 1.18. The molecule has 0 unspecified atom stereocenters. The zero-order valence-corrected chi connectivity index (χ0v) is 9.67. The first kappa shape index (κ1) is 10.8. The first-order valence-electron chi connectivity index (χ1n) is 3.29. The van der Waals surface area contributed by atoms with E-state index in [9.17, 15) is 13.6 Å². The monoisotopic (exact) mass is 312 g/mol. The van der Waals surface area contributed by atoms with Crippen molar-refractivity contribution < 1.29 is 13.6 Å². The minimum Gasteiger partial charge on any atom is -0.294 e. The fraction of sp³-hybridized carbons (Fsp3) is 0.125. The number of carbonyl (C=O) groups excluding carboxylic acids is 1. The van der Waals surface area contributed by atoms with Gasteiger partial charge in [0.15, 0.2) is 17.4 Å². The summed E-state index contributed by atoms with van der Waals surface area (Å²) in [6.07, 6.45) is 0. The lowest BCUT2D eigenvalue weighted by Crippen LogP contribution is -2.02. The van der Waals surface area contributed by atoms with Crippen LogP contribution in [-0.4, -0.2) is 5.78 Å². The van der Waals surface area contributed by atoms with Crippen molar-refractivity contribution in [3.8, 4) is 0 Å². The maximum absolute atomic E-state index is 13.0. The van der Waals surface area contributed by atoms with Crippen molar-refractivity contribution in [1.29, 1.82) is 0 Å². The summed E-state index contributed by atoms with van der Waals surface area (Å²) in [4.78, 5) is 10.9. The summed E-state index contributed by atoms with van der Waals surface area (Å²) in [5.74, 6) is -2.69. The summed E-state index contributed by atoms with van der Waals surface area (Å²) in [5.41, 5.74) is -0.271. The van der Waals surface area contributed by atoms with Gasteiger partial charge in [-0.25, -0.2) is 8.78 Å². The van der Waals surface area contributed by atoms with Gasteiger partial charge in [0.2, 0.25) is 0 Å². The van der Waals surface area contributed by atoms with E-state index in [4.69, 9.17) is 0 Å². The molecule has 1 aromatic rings. The molecule has 0 amide bonds. The Kier molecular flexibility index (Phi) is 3.18. The van der Waals surface area contributed by atoms with Crippen LogP contribution in [0.2, 0.25) is 0 Å². The van der Waals surface area contributed by atoms with Crippen molar-refractivity contribution in [2.24, 2.45) is 0 Å². The van der Waals surface area contributed by atoms with Crippen LogP contribution in [0.1, 0.15) is 17.3 Å². The average Bonchev–Trinajstić information content (AvgIpc) is 2.01. The highest BCUT2D eigenvalue weighted by molar-refractivity contribution is 9.13. The molecule has 0 bridgehead atoms. The quantitative estimate of drug-likeness (QED) is 0.571. The summed E-state index contributed by atoms with van der Waals surface area (Å²) in [7, 11) is 0. The third-order valence-corrected chi connectivity index (χ3v) is 3.45. The van der Waals surface area contributed by atoms with Gasteiger partial charge in [0.25, 0.3) is 0 Å². The Balaban J connectivity index is 3.56. The number of rotatable bonds is 1. The molecular formula is C8H4Br2F2O. The summed E-state index contributed by atoms with van der Waals surface area (Å²) in [6, 6.07) is 0.964. The Morgan fingerprint density at radius 3 is 2.38 bits per heavy atom. The molecule has 1 aromatic carbocycles. The molecule has 0 atom stereocenters. The predicted octanol–water partition coefficient (Wildman–Crippen LogP) is 3.69. The molecule has 0 spiro atoms. The fourth-order valence-electron chi connectivity index (χ4n) is 0.882. The third kappa shape index (κ3) is 1.96. The van der Waals surface area contributed by atoms with Crippen molar-refractivity contribution in [3.63, 3.8) is 0 Å². The van der Waals surface area contributed by atoms with E-state index in [1.165, 1.54) is 6.92 Å². The zero-order valence-electron chi connectivity index (χ0n) is 6.50. The van der Waals surface area contributed by atoms with Gasteiger partial charge in [0.05, 0.1) is 5.56 Å². The minimum atomic E-state index is -1.12. The van der Waals surface area contributed by atoms with Gasteiger partial charge in [-0.1, -0.05) is 0 Å². The molecule has 0 heterocycles. The number of benzene rings is 1. The van der Waals surface area contributed by atoms with E-state index in [0.29, 0.717) is 4.47 Å². The summed E-state index contributed by atoms with van der Waals surface area (Å²) < 4.78 is 26.4. The van der Waals surface area contributed by atoms with E-state index < -0.39 is 17.4 Å². The number of hydrogen-bond acceptors (Lipinski definition) is 1. The molecule has 1 nitrogen and oxygen atoms in total. The SMILES string of the molecule is CC(=O)c1c(F)c(F)cc(Br)c1Br. The maximum Gasteiger partial charge on any atom is 0.170 e. The zero-order chi connectivity index (χ0) is 10.2. The number of hydrogen-bond donors (Lipinski definition) is 0. The Bertz CT molecular complexity index is 351. The molecule has 1 rings (SSSR count). The van der Waals surface area contributed by atoms with Crippen molar-refractivity contribution in [2.75, 3.05) is 0 Å². The van der Waals surface area contributed by atoms with E-state index in [0.717, 1.165) is 6.07 Å². The van der Waals surface area contributed by atoms with Gasteiger partial charge in [0, 0.05) is 8.95 Å². The van der Waals surface area contributed by atoms with Crippen molar-refractivity contribution >= 4 is 37.6 Å². The van der Waals surface area contributed by atoms with E-state index in [2.05, 4.69) is 31.9 Å². The van der Waals surface area contributed by atoms with Crippen LogP contribution in [0, 0.1) is 11.6 Å². The second-order valence-corrected chi connectivity index (χ2v) is 4.05. The highest BCUT2D eigenvalue weighted by Gasteiger charge is 2.18. The third-order valence-electron chi connectivity index (χ3n) is 1.46. The molecule has 0 fully saturated rings. The van der Waals surface area contributed by atoms with Gasteiger partial charge in [-0.05, 0) is 44.8 Å². The molecule has 0 saturated heterocycles. The molecule has 0 radical (unpaired) electrons. The van der Waals surface area contributed by atoms with Gasteiger partial charge in [-0.15, -0.1) is 0 Å². The van der Waals surface area contributed by atoms with Crippen LogP contribution in [0.3, 0.4) is 0 Å². The topological polar surface area (TPSA) is 17.1 Å². The summed E-state index contributed by atoms with van der Waals surface area (Å²) >= 11 is 5.98. The average molecular weight is 314 g/mol. The molecule has 0 aromatic heterocycles. The van der Waals surface area contributed by atoms with Crippen molar-refractivity contribution in [2.45, 2.75) is 6.92 Å². The molecule has 0 saturated carbocycles. The lowest BCUT2D eigenvalue weighted by atomic mass is 10.1. The highest BCUT2D eigenvalue weighted by atomic mass is 79.9. The lowest BCUT2D eigenvalue weighted by Gasteiger charge is -2.04. The molecule has 0 aliphatic heterocycles. The van der Waals surface area contributed by atoms with Crippen LogP contribution in [0.15, 0.2) is 15.0 Å². The van der Waals surface area contributed by atoms with E-state index in [1.54, 1.807) is 0 Å². The number of Topliss-reactive ketones (excluding diaryl/α,β-unsaturated/α-hetero) is 1. The van der Waals surface area contributed by atoms with Crippen LogP contribution in [-0.2, 0) is 0 Å². The molecule has 5 heteroatoms. The van der Waals surface area contributed by atoms with Crippen molar-refractivity contribution in [3.05, 3.63) is 32.2 Å². The molecular weight excluding hydrogens is 310 g/mol. The van der Waals surface area contributed by atoms with Crippen LogP contribution in [0.5, 0.6) is 0 Å². The van der Waals surface area contributed by atoms with Gasteiger partial charge >= 0.3 is 0 Å². The van der Waals surface area contributed by atoms with Gasteiger partial charge < -0.3 is 0 Å². The molecule has 70 valence electrons. The van der Waals surface area contributed by atoms with Crippen LogP contribution in [0.25, 0.3) is 0 Å². The second kappa shape index (κ2) is 3.84. The van der Waals surface area contributed by atoms with Gasteiger partial charge in [0.1, 0.15) is 0 Å². The molecule has 13 heavy (non-hydrogen) atoms. The first-order chi connectivity index (χ1) is 5.95. The van der Waals surface area contributed by atoms with E-state index in [1.807, 2.05) is 0 Å². The van der Waals surface area contributed by atoms with Gasteiger partial charge in [-0.2, -0.15) is 0 Å². The normalized spacial score (nSPS) is 10.2. The van der Waals surface area contributed by atoms with Crippen molar-refractivity contribution in [1.82, 2.24) is 0 Å². The van der Waals surface area contributed by atoms with Crippen LogP contribution >= 0.6 is 31.9 Å². The second-order valence-electron chi connectivity index (χ2n) is 2.40. The standard InChI is InChI=1S/C8H4Br2F2O/c1-3(13)6-7(10)4(9)2-5(11)8(6)12/h2H,1H3. The molecule has 0 N–H and O–H groups in total. The Labute approximate surface area is 90.4 Å². The first-order valence-corrected chi connectivity index (χ1v) is 4.87. The van der Waals surface area contributed by atoms with E-state index >= 15 is 0 Å². The smallest absolute Gasteiger partial charge is 0.170 e. The number of halogens is 4. The Hall–Kier alpha value is -0.290. The Morgan fingerprint density at radius 1 is 1.38 bits per heavy atom. The fourth-order valence-corrected chi connectivity index (χ4v) is 1.85. The van der Waals surface area contributed by atoms with Crippen LogP contribution < -0.4 is 0 Å². The van der Waals surface area contributed by atoms with Crippen LogP contribution in [0.4, 0.5) is 8.78 Å². The largest absolute Gasteiger partial charge is 0.294 e. The Morgan fingerprint density at radius 2 is 1.92 bits per heavy atom. The lowest BCUT2D eigenvalue weighted by molar-refractivity contribution is 0.101. The number of ketones is 1. The molecule has 0 aliphatic rings. The number of carbonyl (C=O) groups is 1. The molecule has 0 aliphatic carbocycles. The predicted molar refractivity (Wildman–Crippen MR) is 51.8 cm³/mol. The maximum atomic E-state index is 13.0. The minimum absolute atomic E-state index is 0.235.